The Labute approximate surface area is 150 Å². The Morgan fingerprint density at radius 3 is 2.72 bits per heavy atom. The molecule has 0 saturated carbocycles. The van der Waals surface area contributed by atoms with E-state index in [1.165, 1.54) is 0 Å². The minimum absolute atomic E-state index is 0.0836. The van der Waals surface area contributed by atoms with Crippen LogP contribution in [0.5, 0.6) is 17.2 Å². The number of unbranched alkanes of at least 4 members (excludes halogenated alkanes) is 1. The first-order valence-corrected chi connectivity index (χ1v) is 8.74. The Morgan fingerprint density at radius 1 is 1.20 bits per heavy atom. The first-order valence-electron chi connectivity index (χ1n) is 8.74. The molecule has 5 heteroatoms. The molecule has 5 nitrogen and oxygen atoms in total. The largest absolute Gasteiger partial charge is 0.506 e. The summed E-state index contributed by atoms with van der Waals surface area (Å²) in [6.07, 6.45) is 2.12. The lowest BCUT2D eigenvalue weighted by Gasteiger charge is -2.17. The zero-order valence-electron chi connectivity index (χ0n) is 15.5. The van der Waals surface area contributed by atoms with E-state index < -0.39 is 0 Å². The number of pyridine rings is 1. The van der Waals surface area contributed by atoms with E-state index in [-0.39, 0.29) is 11.8 Å². The van der Waals surface area contributed by atoms with Crippen LogP contribution in [0, 0.1) is 6.92 Å². The molecule has 2 N–H and O–H groups in total. The quantitative estimate of drug-likeness (QED) is 0.670. The van der Waals surface area contributed by atoms with E-state index in [2.05, 4.69) is 24.1 Å². The Hall–Kier alpha value is -2.27. The van der Waals surface area contributed by atoms with Crippen LogP contribution in [0.1, 0.15) is 49.7 Å². The predicted molar refractivity (Wildman–Crippen MR) is 99.3 cm³/mol. The molecular weight excluding hydrogens is 316 g/mol. The highest BCUT2D eigenvalue weighted by Gasteiger charge is 2.12. The maximum absolute atomic E-state index is 9.90. The molecule has 0 fully saturated rings. The van der Waals surface area contributed by atoms with E-state index in [1.807, 2.05) is 25.1 Å². The average molecular weight is 344 g/mol. The third-order valence-electron chi connectivity index (χ3n) is 4.11. The van der Waals surface area contributed by atoms with E-state index in [1.54, 1.807) is 19.2 Å². The second-order valence-corrected chi connectivity index (χ2v) is 6.13. The van der Waals surface area contributed by atoms with Gasteiger partial charge in [-0.25, -0.2) is 0 Å². The van der Waals surface area contributed by atoms with Crippen molar-refractivity contribution in [3.8, 4) is 17.2 Å². The van der Waals surface area contributed by atoms with Crippen LogP contribution in [-0.4, -0.2) is 23.8 Å². The molecule has 136 valence electrons. The summed E-state index contributed by atoms with van der Waals surface area (Å²) in [5, 5.41) is 13.3. The van der Waals surface area contributed by atoms with Gasteiger partial charge >= 0.3 is 0 Å². The van der Waals surface area contributed by atoms with Crippen LogP contribution in [-0.2, 0) is 6.54 Å². The molecule has 2 aromatic rings. The number of benzene rings is 1. The monoisotopic (exact) mass is 344 g/mol. The summed E-state index contributed by atoms with van der Waals surface area (Å²) in [6, 6.07) is 9.53. The summed E-state index contributed by atoms with van der Waals surface area (Å²) >= 11 is 0. The second kappa shape index (κ2) is 9.28. The summed E-state index contributed by atoms with van der Waals surface area (Å²) in [5.74, 6) is 1.71. The van der Waals surface area contributed by atoms with Crippen molar-refractivity contribution in [2.24, 2.45) is 0 Å². The molecule has 1 heterocycles. The van der Waals surface area contributed by atoms with E-state index in [0.717, 1.165) is 35.6 Å². The van der Waals surface area contributed by atoms with Gasteiger partial charge in [-0.05, 0) is 50.1 Å². The number of rotatable bonds is 9. The minimum atomic E-state index is 0.0836. The molecular formula is C20H28N2O3. The van der Waals surface area contributed by atoms with Crippen molar-refractivity contribution >= 4 is 0 Å². The van der Waals surface area contributed by atoms with Crippen LogP contribution < -0.4 is 14.8 Å². The van der Waals surface area contributed by atoms with Gasteiger partial charge in [0.1, 0.15) is 5.75 Å². The molecule has 0 aliphatic carbocycles. The lowest BCUT2D eigenvalue weighted by Crippen LogP contribution is -2.19. The highest BCUT2D eigenvalue weighted by atomic mass is 16.5. The number of ether oxygens (including phenoxy) is 2. The lowest BCUT2D eigenvalue weighted by atomic mass is 10.1. The maximum Gasteiger partial charge on any atom is 0.161 e. The van der Waals surface area contributed by atoms with Gasteiger partial charge < -0.3 is 19.9 Å². The molecule has 1 aromatic heterocycles. The van der Waals surface area contributed by atoms with Crippen molar-refractivity contribution in [1.82, 2.24) is 10.3 Å². The number of hydrogen-bond acceptors (Lipinski definition) is 5. The van der Waals surface area contributed by atoms with Gasteiger partial charge in [-0.15, -0.1) is 0 Å². The maximum atomic E-state index is 9.90. The van der Waals surface area contributed by atoms with Gasteiger partial charge in [-0.3, -0.25) is 4.98 Å². The Morgan fingerprint density at radius 2 is 2.00 bits per heavy atom. The third kappa shape index (κ3) is 5.36. The van der Waals surface area contributed by atoms with Gasteiger partial charge in [-0.1, -0.05) is 19.4 Å². The number of aromatic nitrogens is 1. The summed E-state index contributed by atoms with van der Waals surface area (Å²) in [7, 11) is 1.65. The normalized spacial score (nSPS) is 12.0. The number of nitrogens with zero attached hydrogens (tertiary/aromatic N) is 1. The topological polar surface area (TPSA) is 63.6 Å². The van der Waals surface area contributed by atoms with E-state index in [9.17, 15) is 5.11 Å². The fraction of sp³-hybridized carbons (Fsp3) is 0.450. The zero-order valence-corrected chi connectivity index (χ0v) is 15.5. The highest BCUT2D eigenvalue weighted by Crippen LogP contribution is 2.30. The Balaban J connectivity index is 2.03. The van der Waals surface area contributed by atoms with Crippen molar-refractivity contribution in [3.05, 3.63) is 47.3 Å². The summed E-state index contributed by atoms with van der Waals surface area (Å²) in [6.45, 7) is 7.30. The first kappa shape index (κ1) is 19.1. The molecule has 0 amide bonds. The molecule has 0 aliphatic rings. The van der Waals surface area contributed by atoms with Gasteiger partial charge in [-0.2, -0.15) is 0 Å². The molecule has 0 radical (unpaired) electrons. The van der Waals surface area contributed by atoms with Crippen molar-refractivity contribution in [2.45, 2.75) is 46.2 Å². The van der Waals surface area contributed by atoms with Crippen LogP contribution in [0.3, 0.4) is 0 Å². The fourth-order valence-corrected chi connectivity index (χ4v) is 2.50. The van der Waals surface area contributed by atoms with Crippen molar-refractivity contribution in [1.29, 1.82) is 0 Å². The number of aryl methyl sites for hydroxylation is 1. The number of hydrogen-bond donors (Lipinski definition) is 2. The van der Waals surface area contributed by atoms with Crippen LogP contribution in [0.15, 0.2) is 30.3 Å². The Bertz CT molecular complexity index is 689. The molecule has 0 aliphatic heterocycles. The average Bonchev–Trinajstić information content (AvgIpc) is 2.62. The third-order valence-corrected chi connectivity index (χ3v) is 4.11. The van der Waals surface area contributed by atoms with E-state index in [0.29, 0.717) is 18.8 Å². The van der Waals surface area contributed by atoms with Crippen molar-refractivity contribution < 1.29 is 14.6 Å². The second-order valence-electron chi connectivity index (χ2n) is 6.13. The lowest BCUT2D eigenvalue weighted by molar-refractivity contribution is 0.288. The minimum Gasteiger partial charge on any atom is -0.506 e. The first-order chi connectivity index (χ1) is 12.0. The molecule has 1 unspecified atom stereocenters. The van der Waals surface area contributed by atoms with Crippen molar-refractivity contribution in [2.75, 3.05) is 13.7 Å². The van der Waals surface area contributed by atoms with Crippen LogP contribution in [0.4, 0.5) is 0 Å². The SMILES string of the molecule is CCCCOc1ccc(C(C)NCc2nc(C)ccc2O)cc1OC. The standard InChI is InChI=1S/C20H28N2O3/c1-5-6-11-25-19-10-8-16(12-20(19)24-4)15(3)21-13-17-18(23)9-7-14(2)22-17/h7-10,12,15,21,23H,5-6,11,13H2,1-4H3. The van der Waals surface area contributed by atoms with Crippen LogP contribution in [0.25, 0.3) is 0 Å². The molecule has 2 rings (SSSR count). The van der Waals surface area contributed by atoms with Gasteiger partial charge in [0.05, 0.1) is 19.4 Å². The molecule has 1 aromatic carbocycles. The van der Waals surface area contributed by atoms with E-state index >= 15 is 0 Å². The molecule has 1 atom stereocenters. The number of nitrogens with one attached hydrogen (secondary N) is 1. The van der Waals surface area contributed by atoms with Gasteiger partial charge in [0.25, 0.3) is 0 Å². The van der Waals surface area contributed by atoms with E-state index in [4.69, 9.17) is 9.47 Å². The molecule has 0 bridgehead atoms. The summed E-state index contributed by atoms with van der Waals surface area (Å²) in [5.41, 5.74) is 2.63. The fourth-order valence-electron chi connectivity index (χ4n) is 2.50. The van der Waals surface area contributed by atoms with Crippen molar-refractivity contribution in [3.63, 3.8) is 0 Å². The summed E-state index contributed by atoms with van der Waals surface area (Å²) in [4.78, 5) is 4.37. The van der Waals surface area contributed by atoms with Crippen LogP contribution in [0.2, 0.25) is 0 Å². The predicted octanol–water partition coefficient (Wildman–Crippen LogP) is 4.13. The molecule has 25 heavy (non-hydrogen) atoms. The Kier molecular flexibility index (Phi) is 7.07. The molecule has 0 saturated heterocycles. The molecule has 0 spiro atoms. The summed E-state index contributed by atoms with van der Waals surface area (Å²) < 4.78 is 11.2. The number of methoxy groups -OCH3 is 1. The van der Waals surface area contributed by atoms with Crippen LogP contribution >= 0.6 is 0 Å². The van der Waals surface area contributed by atoms with Gasteiger partial charge in [0.15, 0.2) is 11.5 Å². The number of aromatic hydroxyl groups is 1. The smallest absolute Gasteiger partial charge is 0.161 e. The zero-order chi connectivity index (χ0) is 18.2. The highest BCUT2D eigenvalue weighted by molar-refractivity contribution is 5.43. The van der Waals surface area contributed by atoms with Gasteiger partial charge in [0.2, 0.25) is 0 Å². The van der Waals surface area contributed by atoms with Gasteiger partial charge in [0, 0.05) is 18.3 Å².